The Morgan fingerprint density at radius 3 is 2.86 bits per heavy atom. The summed E-state index contributed by atoms with van der Waals surface area (Å²) >= 11 is 6.16. The van der Waals surface area contributed by atoms with Crippen LogP contribution in [0.4, 0.5) is 0 Å². The summed E-state index contributed by atoms with van der Waals surface area (Å²) in [4.78, 5) is 15.2. The lowest BCUT2D eigenvalue weighted by Gasteiger charge is -2.08. The Kier molecular flexibility index (Phi) is 6.20. The number of carboxylic acids is 1. The van der Waals surface area contributed by atoms with E-state index in [2.05, 4.69) is 11.1 Å². The number of nitrogens with zero attached hydrogens (tertiary/aromatic N) is 2. The molecular formula is C21H17ClN2O4. The summed E-state index contributed by atoms with van der Waals surface area (Å²) in [5.74, 6) is 2.19. The third-order valence-corrected chi connectivity index (χ3v) is 4.32. The Labute approximate surface area is 166 Å². The van der Waals surface area contributed by atoms with Gasteiger partial charge in [-0.25, -0.2) is 4.79 Å². The van der Waals surface area contributed by atoms with Gasteiger partial charge in [0.25, 0.3) is 0 Å². The Bertz CT molecular complexity index is 1070. The number of terminal acetylenes is 1. The topological polar surface area (TPSA) is 73.1 Å². The Morgan fingerprint density at radius 2 is 2.11 bits per heavy atom. The predicted molar refractivity (Wildman–Crippen MR) is 108 cm³/mol. The molecule has 0 amide bonds. The highest BCUT2D eigenvalue weighted by molar-refractivity contribution is 6.31. The molecule has 7 heteroatoms. The monoisotopic (exact) mass is 396 g/mol. The Balaban J connectivity index is 1.82. The standard InChI is InChI=1S/C21H17ClN2O4/c1-2-9-24-17(12-23-28-14-21(25)26)10-16-11-18(7-8-20(16)24)27-13-15-5-3-4-6-19(15)22/h1,3-8,10-12H,9,13-14H2,(H,25,26). The Morgan fingerprint density at radius 1 is 1.29 bits per heavy atom. The number of hydrogen-bond acceptors (Lipinski definition) is 4. The van der Waals surface area contributed by atoms with Gasteiger partial charge in [-0.3, -0.25) is 0 Å². The molecule has 0 saturated heterocycles. The van der Waals surface area contributed by atoms with Gasteiger partial charge in [-0.15, -0.1) is 6.42 Å². The molecule has 0 unspecified atom stereocenters. The van der Waals surface area contributed by atoms with Crippen LogP contribution in [0.1, 0.15) is 11.3 Å². The van der Waals surface area contributed by atoms with Crippen molar-refractivity contribution in [2.24, 2.45) is 5.16 Å². The molecule has 3 rings (SSSR count). The van der Waals surface area contributed by atoms with Gasteiger partial charge in [0, 0.05) is 21.5 Å². The molecule has 0 atom stereocenters. The van der Waals surface area contributed by atoms with Crippen molar-refractivity contribution in [3.8, 4) is 18.1 Å². The molecular weight excluding hydrogens is 380 g/mol. The van der Waals surface area contributed by atoms with Crippen LogP contribution in [0.3, 0.4) is 0 Å². The summed E-state index contributed by atoms with van der Waals surface area (Å²) < 4.78 is 7.73. The number of rotatable bonds is 8. The molecule has 1 aromatic heterocycles. The van der Waals surface area contributed by atoms with Crippen molar-refractivity contribution in [2.45, 2.75) is 13.2 Å². The summed E-state index contributed by atoms with van der Waals surface area (Å²) in [6.45, 7) is 0.184. The van der Waals surface area contributed by atoms with Crippen molar-refractivity contribution in [3.63, 3.8) is 0 Å². The van der Waals surface area contributed by atoms with Crippen molar-refractivity contribution in [1.82, 2.24) is 4.57 Å². The molecule has 1 N–H and O–H groups in total. The van der Waals surface area contributed by atoms with Gasteiger partial charge in [0.15, 0.2) is 0 Å². The molecule has 1 heterocycles. The van der Waals surface area contributed by atoms with Gasteiger partial charge in [0.05, 0.1) is 18.5 Å². The predicted octanol–water partition coefficient (Wildman–Crippen LogP) is 3.94. The number of aliphatic carboxylic acids is 1. The molecule has 142 valence electrons. The first-order valence-corrected chi connectivity index (χ1v) is 8.76. The van der Waals surface area contributed by atoms with Crippen molar-refractivity contribution < 1.29 is 19.5 Å². The average Bonchev–Trinajstić information content (AvgIpc) is 3.01. The van der Waals surface area contributed by atoms with Gasteiger partial charge >= 0.3 is 5.97 Å². The summed E-state index contributed by atoms with van der Waals surface area (Å²) in [5.41, 5.74) is 2.50. The zero-order valence-corrected chi connectivity index (χ0v) is 15.6. The smallest absolute Gasteiger partial charge is 0.344 e. The number of aromatic nitrogens is 1. The number of oxime groups is 1. The van der Waals surface area contributed by atoms with E-state index >= 15 is 0 Å². The van der Waals surface area contributed by atoms with Gasteiger partial charge in [-0.2, -0.15) is 0 Å². The van der Waals surface area contributed by atoms with E-state index in [0.717, 1.165) is 16.5 Å². The maximum Gasteiger partial charge on any atom is 0.344 e. The fourth-order valence-corrected chi connectivity index (χ4v) is 2.89. The van der Waals surface area contributed by atoms with Crippen LogP contribution >= 0.6 is 11.6 Å². The minimum atomic E-state index is -1.10. The molecule has 0 spiro atoms. The molecule has 3 aromatic rings. The van der Waals surface area contributed by atoms with E-state index in [4.69, 9.17) is 32.7 Å². The highest BCUT2D eigenvalue weighted by atomic mass is 35.5. The fraction of sp³-hybridized carbons (Fsp3) is 0.143. The number of carbonyl (C=O) groups is 1. The van der Waals surface area contributed by atoms with Crippen LogP contribution in [0, 0.1) is 12.3 Å². The molecule has 6 nitrogen and oxygen atoms in total. The lowest BCUT2D eigenvalue weighted by molar-refractivity contribution is -0.142. The molecule has 0 radical (unpaired) electrons. The van der Waals surface area contributed by atoms with Crippen LogP contribution < -0.4 is 4.74 Å². The van der Waals surface area contributed by atoms with Crippen LogP contribution in [0.5, 0.6) is 5.75 Å². The number of fused-ring (bicyclic) bond motifs is 1. The molecule has 2 aromatic carbocycles. The minimum absolute atomic E-state index is 0.337. The highest BCUT2D eigenvalue weighted by Crippen LogP contribution is 2.25. The van der Waals surface area contributed by atoms with Gasteiger partial charge in [-0.05, 0) is 30.3 Å². The highest BCUT2D eigenvalue weighted by Gasteiger charge is 2.09. The van der Waals surface area contributed by atoms with Crippen LogP contribution in [-0.4, -0.2) is 28.5 Å². The maximum absolute atomic E-state index is 10.5. The number of halogens is 1. The lowest BCUT2D eigenvalue weighted by Crippen LogP contribution is -2.04. The van der Waals surface area contributed by atoms with Gasteiger partial charge in [-0.1, -0.05) is 40.9 Å². The van der Waals surface area contributed by atoms with Crippen molar-refractivity contribution in [3.05, 3.63) is 64.8 Å². The second kappa shape index (κ2) is 8.98. The number of ether oxygens (including phenoxy) is 1. The molecule has 0 aliphatic rings. The normalized spacial score (nSPS) is 10.9. The summed E-state index contributed by atoms with van der Waals surface area (Å²) in [7, 11) is 0. The average molecular weight is 397 g/mol. The van der Waals surface area contributed by atoms with Crippen molar-refractivity contribution in [1.29, 1.82) is 0 Å². The van der Waals surface area contributed by atoms with E-state index in [-0.39, 0.29) is 0 Å². The minimum Gasteiger partial charge on any atom is -0.489 e. The van der Waals surface area contributed by atoms with Gasteiger partial charge in [0.2, 0.25) is 6.61 Å². The zero-order chi connectivity index (χ0) is 19.9. The third kappa shape index (κ3) is 4.64. The van der Waals surface area contributed by atoms with E-state index in [9.17, 15) is 4.79 Å². The van der Waals surface area contributed by atoms with Crippen LogP contribution in [0.25, 0.3) is 10.9 Å². The first-order valence-electron chi connectivity index (χ1n) is 8.38. The molecule has 0 fully saturated rings. The van der Waals surface area contributed by atoms with E-state index in [1.54, 1.807) is 0 Å². The second-order valence-electron chi connectivity index (χ2n) is 5.86. The largest absolute Gasteiger partial charge is 0.489 e. The van der Waals surface area contributed by atoms with Crippen LogP contribution in [-0.2, 0) is 22.8 Å². The molecule has 0 bridgehead atoms. The molecule has 28 heavy (non-hydrogen) atoms. The van der Waals surface area contributed by atoms with E-state index in [0.29, 0.717) is 29.6 Å². The van der Waals surface area contributed by atoms with Crippen molar-refractivity contribution in [2.75, 3.05) is 6.61 Å². The van der Waals surface area contributed by atoms with Crippen LogP contribution in [0.15, 0.2) is 53.7 Å². The van der Waals surface area contributed by atoms with Gasteiger partial charge < -0.3 is 19.2 Å². The molecule has 0 aliphatic carbocycles. The number of hydrogen-bond donors (Lipinski definition) is 1. The SMILES string of the molecule is C#CCn1c(C=NOCC(=O)O)cc2cc(OCc3ccccc3Cl)ccc21. The molecule has 0 aliphatic heterocycles. The zero-order valence-electron chi connectivity index (χ0n) is 14.8. The first kappa shape index (κ1) is 19.3. The lowest BCUT2D eigenvalue weighted by atomic mass is 10.2. The fourth-order valence-electron chi connectivity index (χ4n) is 2.70. The Hall–Kier alpha value is -3.43. The van der Waals surface area contributed by atoms with E-state index in [1.165, 1.54) is 6.21 Å². The first-order chi connectivity index (χ1) is 13.6. The van der Waals surface area contributed by atoms with Crippen molar-refractivity contribution >= 4 is 34.7 Å². The maximum atomic E-state index is 10.5. The summed E-state index contributed by atoms with van der Waals surface area (Å²) in [6.07, 6.45) is 6.90. The van der Waals surface area contributed by atoms with E-state index in [1.807, 2.05) is 53.1 Å². The van der Waals surface area contributed by atoms with Crippen LogP contribution in [0.2, 0.25) is 5.02 Å². The summed E-state index contributed by atoms with van der Waals surface area (Å²) in [5, 5.41) is 13.8. The van der Waals surface area contributed by atoms with Gasteiger partial charge in [0.1, 0.15) is 12.4 Å². The summed E-state index contributed by atoms with van der Waals surface area (Å²) in [6, 6.07) is 15.0. The number of benzene rings is 2. The number of carboxylic acid groups (broad SMARTS) is 1. The quantitative estimate of drug-likeness (QED) is 0.355. The van der Waals surface area contributed by atoms with E-state index < -0.39 is 12.6 Å². The third-order valence-electron chi connectivity index (χ3n) is 3.95. The molecule has 0 saturated carbocycles. The second-order valence-corrected chi connectivity index (χ2v) is 6.27.